The van der Waals surface area contributed by atoms with Crippen molar-refractivity contribution in [2.24, 2.45) is 0 Å². The summed E-state index contributed by atoms with van der Waals surface area (Å²) in [5, 5.41) is 6.55. The zero-order chi connectivity index (χ0) is 18.0. The zero-order valence-electron chi connectivity index (χ0n) is 14.2. The molecule has 3 aromatic rings. The van der Waals surface area contributed by atoms with E-state index in [-0.39, 0.29) is 11.3 Å². The number of nitrogens with zero attached hydrogens (tertiary/aromatic N) is 1. The van der Waals surface area contributed by atoms with Crippen LogP contribution in [0.5, 0.6) is 0 Å². The van der Waals surface area contributed by atoms with Crippen molar-refractivity contribution in [1.82, 2.24) is 10.3 Å². The lowest BCUT2D eigenvalue weighted by Gasteiger charge is -2.16. The summed E-state index contributed by atoms with van der Waals surface area (Å²) in [4.78, 5) is 16.9. The summed E-state index contributed by atoms with van der Waals surface area (Å²) < 4.78 is 0. The zero-order valence-corrected chi connectivity index (χ0v) is 15.8. The van der Waals surface area contributed by atoms with Crippen LogP contribution in [0, 0.1) is 0 Å². The molecule has 1 aromatic heterocycles. The predicted molar refractivity (Wildman–Crippen MR) is 107 cm³/mol. The van der Waals surface area contributed by atoms with Gasteiger partial charge in [-0.05, 0) is 24.5 Å². The number of amides is 1. The van der Waals surface area contributed by atoms with E-state index in [1.165, 1.54) is 16.9 Å². The second-order valence-electron chi connectivity index (χ2n) is 6.72. The van der Waals surface area contributed by atoms with Crippen molar-refractivity contribution in [3.8, 4) is 10.6 Å². The van der Waals surface area contributed by atoms with E-state index >= 15 is 0 Å². The number of carbonyl (C=O) groups excluding carboxylic acids is 1. The van der Waals surface area contributed by atoms with Crippen LogP contribution in [0.3, 0.4) is 0 Å². The smallest absolute Gasteiger partial charge is 0.226 e. The van der Waals surface area contributed by atoms with E-state index in [0.29, 0.717) is 18.0 Å². The maximum atomic E-state index is 12.4. The van der Waals surface area contributed by atoms with Crippen molar-refractivity contribution in [3.05, 3.63) is 76.3 Å². The number of carbonyl (C=O) groups is 1. The third-order valence-corrected chi connectivity index (χ3v) is 6.12. The average Bonchev–Trinajstić information content (AvgIpc) is 3.33. The van der Waals surface area contributed by atoms with Crippen LogP contribution in [0.25, 0.3) is 10.6 Å². The standard InChI is InChI=1S/C21H19ClN2OS/c22-18-9-5-4-8-17(18)20-24-16(13-26-20)12-19(25)23-14-21(10-11-21)15-6-2-1-3-7-15/h1-9,13H,10-12,14H2,(H,23,25). The van der Waals surface area contributed by atoms with Crippen molar-refractivity contribution >= 4 is 28.8 Å². The van der Waals surface area contributed by atoms with Crippen molar-refractivity contribution in [1.29, 1.82) is 0 Å². The van der Waals surface area contributed by atoms with Crippen LogP contribution in [0.1, 0.15) is 24.1 Å². The largest absolute Gasteiger partial charge is 0.355 e. The van der Waals surface area contributed by atoms with E-state index in [2.05, 4.69) is 34.6 Å². The Bertz CT molecular complexity index is 919. The van der Waals surface area contributed by atoms with Gasteiger partial charge >= 0.3 is 0 Å². The van der Waals surface area contributed by atoms with Gasteiger partial charge in [0.1, 0.15) is 5.01 Å². The first-order valence-electron chi connectivity index (χ1n) is 8.68. The molecule has 1 aliphatic rings. The third-order valence-electron chi connectivity index (χ3n) is 4.86. The highest BCUT2D eigenvalue weighted by Crippen LogP contribution is 2.47. The molecule has 0 unspecified atom stereocenters. The third kappa shape index (κ3) is 3.67. The van der Waals surface area contributed by atoms with Gasteiger partial charge in [-0.15, -0.1) is 11.3 Å². The number of thiazole rings is 1. The van der Waals surface area contributed by atoms with Gasteiger partial charge in [0.15, 0.2) is 0 Å². The molecule has 1 N–H and O–H groups in total. The molecular formula is C21H19ClN2OS. The first kappa shape index (κ1) is 17.3. The van der Waals surface area contributed by atoms with Gasteiger partial charge in [-0.3, -0.25) is 4.79 Å². The van der Waals surface area contributed by atoms with Gasteiger partial charge < -0.3 is 5.32 Å². The minimum absolute atomic E-state index is 0.0169. The molecule has 5 heteroatoms. The van der Waals surface area contributed by atoms with Gasteiger partial charge in [0.25, 0.3) is 0 Å². The second-order valence-corrected chi connectivity index (χ2v) is 7.99. The molecule has 3 nitrogen and oxygen atoms in total. The maximum absolute atomic E-state index is 12.4. The molecule has 2 aromatic carbocycles. The van der Waals surface area contributed by atoms with Gasteiger partial charge in [-0.2, -0.15) is 0 Å². The molecule has 1 saturated carbocycles. The van der Waals surface area contributed by atoms with Crippen LogP contribution < -0.4 is 5.32 Å². The Morgan fingerprint density at radius 1 is 1.12 bits per heavy atom. The van der Waals surface area contributed by atoms with E-state index in [0.717, 1.165) is 29.1 Å². The Morgan fingerprint density at radius 3 is 2.58 bits per heavy atom. The normalized spacial score (nSPS) is 14.8. The number of aromatic nitrogens is 1. The summed E-state index contributed by atoms with van der Waals surface area (Å²) in [6.45, 7) is 0.692. The summed E-state index contributed by atoms with van der Waals surface area (Å²) in [7, 11) is 0. The average molecular weight is 383 g/mol. The summed E-state index contributed by atoms with van der Waals surface area (Å²) in [5.41, 5.74) is 3.13. The fourth-order valence-corrected chi connectivity index (χ4v) is 4.29. The predicted octanol–water partition coefficient (Wildman–Crippen LogP) is 4.85. The molecule has 132 valence electrons. The van der Waals surface area contributed by atoms with Crippen LogP contribution in [-0.4, -0.2) is 17.4 Å². The molecule has 1 aliphatic carbocycles. The Kier molecular flexibility index (Phi) is 4.79. The maximum Gasteiger partial charge on any atom is 0.226 e. The lowest BCUT2D eigenvalue weighted by Crippen LogP contribution is -2.33. The van der Waals surface area contributed by atoms with Crippen molar-refractivity contribution in [3.63, 3.8) is 0 Å². The number of benzene rings is 2. The topological polar surface area (TPSA) is 42.0 Å². The van der Waals surface area contributed by atoms with Crippen LogP contribution in [0.4, 0.5) is 0 Å². The molecule has 1 amide bonds. The van der Waals surface area contributed by atoms with Crippen LogP contribution in [-0.2, 0) is 16.6 Å². The van der Waals surface area contributed by atoms with Crippen molar-refractivity contribution in [2.75, 3.05) is 6.54 Å². The summed E-state index contributed by atoms with van der Waals surface area (Å²) >= 11 is 7.74. The molecule has 1 heterocycles. The number of hydrogen-bond donors (Lipinski definition) is 1. The Hall–Kier alpha value is -2.17. The number of rotatable bonds is 6. The Labute approximate surface area is 162 Å². The highest BCUT2D eigenvalue weighted by atomic mass is 35.5. The summed E-state index contributed by atoms with van der Waals surface area (Å²) in [5.74, 6) is 0.0169. The second kappa shape index (κ2) is 7.22. The van der Waals surface area contributed by atoms with Gasteiger partial charge in [-0.1, -0.05) is 60.1 Å². The highest BCUT2D eigenvalue weighted by molar-refractivity contribution is 7.13. The molecule has 0 radical (unpaired) electrons. The summed E-state index contributed by atoms with van der Waals surface area (Å²) in [6.07, 6.45) is 2.56. The quantitative estimate of drug-likeness (QED) is 0.661. The molecular weight excluding hydrogens is 364 g/mol. The molecule has 0 bridgehead atoms. The molecule has 0 aliphatic heterocycles. The van der Waals surface area contributed by atoms with E-state index in [1.54, 1.807) is 0 Å². The monoisotopic (exact) mass is 382 g/mol. The van der Waals surface area contributed by atoms with Gasteiger partial charge in [0.2, 0.25) is 5.91 Å². The first-order chi connectivity index (χ1) is 12.7. The Balaban J connectivity index is 1.37. The van der Waals surface area contributed by atoms with Gasteiger partial charge in [0, 0.05) is 22.9 Å². The fourth-order valence-electron chi connectivity index (χ4n) is 3.15. The molecule has 26 heavy (non-hydrogen) atoms. The molecule has 4 rings (SSSR count). The highest BCUT2D eigenvalue weighted by Gasteiger charge is 2.44. The van der Waals surface area contributed by atoms with Gasteiger partial charge in [-0.25, -0.2) is 4.98 Å². The minimum Gasteiger partial charge on any atom is -0.355 e. The van der Waals surface area contributed by atoms with Gasteiger partial charge in [0.05, 0.1) is 17.1 Å². The Morgan fingerprint density at radius 2 is 1.85 bits per heavy atom. The minimum atomic E-state index is 0.0169. The molecule has 0 atom stereocenters. The van der Waals surface area contributed by atoms with E-state index < -0.39 is 0 Å². The molecule has 1 fully saturated rings. The fraction of sp³-hybridized carbons (Fsp3) is 0.238. The van der Waals surface area contributed by atoms with E-state index in [1.807, 2.05) is 35.7 Å². The van der Waals surface area contributed by atoms with Crippen LogP contribution in [0.2, 0.25) is 5.02 Å². The van der Waals surface area contributed by atoms with Crippen LogP contribution >= 0.6 is 22.9 Å². The first-order valence-corrected chi connectivity index (χ1v) is 9.94. The SMILES string of the molecule is O=C(Cc1csc(-c2ccccc2Cl)n1)NCC1(c2ccccc2)CC1. The number of halogens is 1. The van der Waals surface area contributed by atoms with E-state index in [9.17, 15) is 4.79 Å². The summed E-state index contributed by atoms with van der Waals surface area (Å²) in [6, 6.07) is 18.1. The molecule has 0 spiro atoms. The lowest BCUT2D eigenvalue weighted by atomic mass is 9.96. The molecule has 0 saturated heterocycles. The van der Waals surface area contributed by atoms with E-state index in [4.69, 9.17) is 11.6 Å². The number of nitrogens with one attached hydrogen (secondary N) is 1. The number of hydrogen-bond acceptors (Lipinski definition) is 3. The lowest BCUT2D eigenvalue weighted by molar-refractivity contribution is -0.120. The van der Waals surface area contributed by atoms with Crippen LogP contribution in [0.15, 0.2) is 60.0 Å². The van der Waals surface area contributed by atoms with Crippen molar-refractivity contribution in [2.45, 2.75) is 24.7 Å². The van der Waals surface area contributed by atoms with Crippen molar-refractivity contribution < 1.29 is 4.79 Å².